The second-order valence-corrected chi connectivity index (χ2v) is 6.86. The molecule has 24 heavy (non-hydrogen) atoms. The lowest BCUT2D eigenvalue weighted by Gasteiger charge is -2.06. The molecule has 0 heterocycles. The van der Waals surface area contributed by atoms with E-state index in [1.165, 1.54) is 12.1 Å². The first kappa shape index (κ1) is 18.6. The van der Waals surface area contributed by atoms with Crippen molar-refractivity contribution >= 4 is 45.1 Å². The van der Waals surface area contributed by atoms with Gasteiger partial charge in [0.1, 0.15) is 0 Å². The van der Waals surface area contributed by atoms with Crippen LogP contribution in [-0.4, -0.2) is 17.4 Å². The second-order valence-electron chi connectivity index (χ2n) is 4.88. The van der Waals surface area contributed by atoms with Crippen LogP contribution >= 0.6 is 27.7 Å². The Hall–Kier alpha value is -1.73. The SMILES string of the molecule is O=C(CCC(=O)c1ccc(Br)cc1)Nc1ccc(SC(F)F)cc1. The molecule has 0 aromatic heterocycles. The summed E-state index contributed by atoms with van der Waals surface area (Å²) in [5, 5.41) is 2.64. The topological polar surface area (TPSA) is 46.2 Å². The lowest BCUT2D eigenvalue weighted by atomic mass is 10.1. The molecule has 3 nitrogen and oxygen atoms in total. The summed E-state index contributed by atoms with van der Waals surface area (Å²) in [4.78, 5) is 24.3. The van der Waals surface area contributed by atoms with Gasteiger partial charge in [0.05, 0.1) is 0 Å². The van der Waals surface area contributed by atoms with E-state index in [0.29, 0.717) is 27.9 Å². The summed E-state index contributed by atoms with van der Waals surface area (Å²) in [5.41, 5.74) is 1.06. The van der Waals surface area contributed by atoms with Crippen LogP contribution in [0.15, 0.2) is 57.9 Å². The number of Topliss-reactive ketones (excluding diaryl/α,β-unsaturated/α-hetero) is 1. The maximum Gasteiger partial charge on any atom is 0.288 e. The highest BCUT2D eigenvalue weighted by molar-refractivity contribution is 9.10. The summed E-state index contributed by atoms with van der Waals surface area (Å²) in [6.07, 6.45) is 0.162. The van der Waals surface area contributed by atoms with E-state index in [1.54, 1.807) is 36.4 Å². The normalized spacial score (nSPS) is 10.7. The van der Waals surface area contributed by atoms with Gasteiger partial charge < -0.3 is 5.32 Å². The number of thioether (sulfide) groups is 1. The maximum absolute atomic E-state index is 12.2. The quantitative estimate of drug-likeness (QED) is 0.490. The molecule has 0 radical (unpaired) electrons. The van der Waals surface area contributed by atoms with Gasteiger partial charge in [-0.05, 0) is 36.4 Å². The third-order valence-electron chi connectivity index (χ3n) is 3.11. The van der Waals surface area contributed by atoms with E-state index >= 15 is 0 Å². The van der Waals surface area contributed by atoms with Gasteiger partial charge in [-0.3, -0.25) is 9.59 Å². The molecule has 1 amide bonds. The first-order chi connectivity index (χ1) is 11.4. The predicted octanol–water partition coefficient (Wildman–Crippen LogP) is 5.37. The molecular weight excluding hydrogens is 400 g/mol. The van der Waals surface area contributed by atoms with E-state index in [9.17, 15) is 18.4 Å². The second kappa shape index (κ2) is 8.94. The molecule has 0 aliphatic carbocycles. The van der Waals surface area contributed by atoms with Crippen molar-refractivity contribution in [2.75, 3.05) is 5.32 Å². The van der Waals surface area contributed by atoms with Crippen LogP contribution in [0.5, 0.6) is 0 Å². The molecule has 0 unspecified atom stereocenters. The number of benzene rings is 2. The van der Waals surface area contributed by atoms with Gasteiger partial charge in [0, 0.05) is 33.5 Å². The average Bonchev–Trinajstić information content (AvgIpc) is 2.54. The zero-order valence-electron chi connectivity index (χ0n) is 12.5. The lowest BCUT2D eigenvalue weighted by molar-refractivity contribution is -0.116. The summed E-state index contributed by atoms with van der Waals surface area (Å²) in [6, 6.07) is 13.1. The Bertz CT molecular complexity index is 706. The monoisotopic (exact) mass is 413 g/mol. The number of carbonyl (C=O) groups excluding carboxylic acids is 2. The number of nitrogens with one attached hydrogen (secondary N) is 1. The molecule has 0 saturated carbocycles. The van der Waals surface area contributed by atoms with Crippen molar-refractivity contribution in [1.29, 1.82) is 0 Å². The van der Waals surface area contributed by atoms with Gasteiger partial charge in [0.25, 0.3) is 5.76 Å². The highest BCUT2D eigenvalue weighted by Crippen LogP contribution is 2.26. The van der Waals surface area contributed by atoms with Gasteiger partial charge in [-0.25, -0.2) is 0 Å². The minimum absolute atomic E-state index is 0.0580. The molecule has 0 aliphatic heterocycles. The van der Waals surface area contributed by atoms with Crippen LogP contribution in [0.2, 0.25) is 0 Å². The van der Waals surface area contributed by atoms with E-state index in [2.05, 4.69) is 21.2 Å². The number of alkyl halides is 2. The van der Waals surface area contributed by atoms with Gasteiger partial charge in [0.15, 0.2) is 5.78 Å². The number of carbonyl (C=O) groups is 2. The first-order valence-corrected chi connectivity index (χ1v) is 8.75. The number of anilines is 1. The zero-order valence-corrected chi connectivity index (χ0v) is 14.9. The molecule has 0 aliphatic rings. The molecule has 0 saturated heterocycles. The molecule has 0 atom stereocenters. The van der Waals surface area contributed by atoms with E-state index < -0.39 is 5.76 Å². The van der Waals surface area contributed by atoms with Crippen LogP contribution in [0.4, 0.5) is 14.5 Å². The van der Waals surface area contributed by atoms with Gasteiger partial charge in [-0.1, -0.05) is 39.8 Å². The van der Waals surface area contributed by atoms with E-state index in [1.807, 2.05) is 0 Å². The van der Waals surface area contributed by atoms with Crippen molar-refractivity contribution < 1.29 is 18.4 Å². The Balaban J connectivity index is 1.82. The number of hydrogen-bond acceptors (Lipinski definition) is 3. The van der Waals surface area contributed by atoms with Crippen molar-refractivity contribution in [3.05, 3.63) is 58.6 Å². The molecule has 7 heteroatoms. The largest absolute Gasteiger partial charge is 0.326 e. The van der Waals surface area contributed by atoms with Gasteiger partial charge in [0.2, 0.25) is 5.91 Å². The molecule has 126 valence electrons. The van der Waals surface area contributed by atoms with E-state index in [0.717, 1.165) is 4.47 Å². The highest BCUT2D eigenvalue weighted by Gasteiger charge is 2.10. The van der Waals surface area contributed by atoms with E-state index in [4.69, 9.17) is 0 Å². The Morgan fingerprint density at radius 1 is 1.00 bits per heavy atom. The number of halogens is 3. The molecule has 2 rings (SSSR count). The molecule has 0 fully saturated rings. The highest BCUT2D eigenvalue weighted by atomic mass is 79.9. The Kier molecular flexibility index (Phi) is 6.93. The third kappa shape index (κ3) is 6.05. The fourth-order valence-corrected chi connectivity index (χ4v) is 2.71. The van der Waals surface area contributed by atoms with Crippen molar-refractivity contribution in [3.63, 3.8) is 0 Å². The third-order valence-corrected chi connectivity index (χ3v) is 4.36. The maximum atomic E-state index is 12.2. The van der Waals surface area contributed by atoms with Crippen LogP contribution in [0.25, 0.3) is 0 Å². The number of hydrogen-bond donors (Lipinski definition) is 1. The number of ketones is 1. The lowest BCUT2D eigenvalue weighted by Crippen LogP contribution is -2.13. The smallest absolute Gasteiger partial charge is 0.288 e. The van der Waals surface area contributed by atoms with Crippen LogP contribution in [-0.2, 0) is 4.79 Å². The summed E-state index contributed by atoms with van der Waals surface area (Å²) in [6.45, 7) is 0. The van der Waals surface area contributed by atoms with Crippen molar-refractivity contribution in [2.24, 2.45) is 0 Å². The van der Waals surface area contributed by atoms with Crippen molar-refractivity contribution in [3.8, 4) is 0 Å². The van der Waals surface area contributed by atoms with Crippen LogP contribution < -0.4 is 5.32 Å². The Morgan fingerprint density at radius 3 is 2.21 bits per heavy atom. The van der Waals surface area contributed by atoms with E-state index in [-0.39, 0.29) is 24.5 Å². The molecular formula is C17H14BrF2NO2S. The minimum Gasteiger partial charge on any atom is -0.326 e. The summed E-state index contributed by atoms with van der Waals surface area (Å²) >= 11 is 3.74. The van der Waals surface area contributed by atoms with Crippen molar-refractivity contribution in [2.45, 2.75) is 23.5 Å². The summed E-state index contributed by atoms with van der Waals surface area (Å²) in [7, 11) is 0. The first-order valence-electron chi connectivity index (χ1n) is 7.07. The average molecular weight is 414 g/mol. The Morgan fingerprint density at radius 2 is 1.62 bits per heavy atom. The van der Waals surface area contributed by atoms with Gasteiger partial charge >= 0.3 is 0 Å². The van der Waals surface area contributed by atoms with Crippen LogP contribution in [0.1, 0.15) is 23.2 Å². The van der Waals surface area contributed by atoms with Crippen LogP contribution in [0.3, 0.4) is 0 Å². The van der Waals surface area contributed by atoms with Gasteiger partial charge in [-0.2, -0.15) is 8.78 Å². The molecule has 2 aromatic rings. The van der Waals surface area contributed by atoms with Crippen molar-refractivity contribution in [1.82, 2.24) is 0 Å². The predicted molar refractivity (Wildman–Crippen MR) is 94.6 cm³/mol. The van der Waals surface area contributed by atoms with Crippen LogP contribution in [0, 0.1) is 0 Å². The summed E-state index contributed by atoms with van der Waals surface area (Å²) in [5.74, 6) is -2.88. The minimum atomic E-state index is -2.48. The van der Waals surface area contributed by atoms with Gasteiger partial charge in [-0.15, -0.1) is 0 Å². The molecule has 0 spiro atoms. The fraction of sp³-hybridized carbons (Fsp3) is 0.176. The molecule has 2 aromatic carbocycles. The Labute approximate surface area is 151 Å². The summed E-state index contributed by atoms with van der Waals surface area (Å²) < 4.78 is 25.3. The standard InChI is InChI=1S/C17H14BrF2NO2S/c18-12-3-1-11(2-4-12)15(22)9-10-16(23)21-13-5-7-14(8-6-13)24-17(19)20/h1-8,17H,9-10H2,(H,21,23). The molecule has 0 bridgehead atoms. The zero-order chi connectivity index (χ0) is 17.5. The number of rotatable bonds is 7. The number of amides is 1. The molecule has 1 N–H and O–H groups in total. The fourth-order valence-electron chi connectivity index (χ4n) is 1.95.